The van der Waals surface area contributed by atoms with Gasteiger partial charge in [0.15, 0.2) is 0 Å². The predicted octanol–water partition coefficient (Wildman–Crippen LogP) is 2.82. The molecule has 2 aliphatic rings. The number of anilines is 3. The molecule has 2 aliphatic heterocycles. The van der Waals surface area contributed by atoms with E-state index in [4.69, 9.17) is 9.97 Å². The van der Waals surface area contributed by atoms with Crippen LogP contribution in [0.4, 0.5) is 17.6 Å². The standard InChI is InChI=1S/C20H27N5O/c26-17(16-8-2-1-3-9-16)15-21-20-22-18(24-10-4-5-11-24)14-19(23-20)25-12-6-7-13-25/h1-3,8-9,14,17,26H,4-7,10-13,15H2,(H,21,22,23). The van der Waals surface area contributed by atoms with Gasteiger partial charge in [0, 0.05) is 38.8 Å². The molecular formula is C20H27N5O. The first kappa shape index (κ1) is 17.1. The molecule has 0 spiro atoms. The molecule has 3 heterocycles. The molecule has 138 valence electrons. The Morgan fingerprint density at radius 3 is 1.96 bits per heavy atom. The van der Waals surface area contributed by atoms with Crippen LogP contribution < -0.4 is 15.1 Å². The van der Waals surface area contributed by atoms with E-state index in [0.29, 0.717) is 12.5 Å². The number of nitrogens with zero attached hydrogens (tertiary/aromatic N) is 4. The Balaban J connectivity index is 1.52. The lowest BCUT2D eigenvalue weighted by atomic mass is 10.1. The third kappa shape index (κ3) is 3.90. The minimum Gasteiger partial charge on any atom is -0.387 e. The molecule has 0 bridgehead atoms. The molecule has 2 fully saturated rings. The van der Waals surface area contributed by atoms with Gasteiger partial charge in [-0.25, -0.2) is 0 Å². The number of aliphatic hydroxyl groups excluding tert-OH is 1. The molecule has 0 aliphatic carbocycles. The number of hydrogen-bond donors (Lipinski definition) is 2. The molecule has 4 rings (SSSR count). The van der Waals surface area contributed by atoms with Crippen LogP contribution in [0.15, 0.2) is 36.4 Å². The number of aliphatic hydroxyl groups is 1. The zero-order valence-corrected chi connectivity index (χ0v) is 15.1. The fourth-order valence-corrected chi connectivity index (χ4v) is 3.70. The summed E-state index contributed by atoms with van der Waals surface area (Å²) in [6.45, 7) is 4.63. The average Bonchev–Trinajstić information content (AvgIpc) is 3.40. The van der Waals surface area contributed by atoms with Gasteiger partial charge in [0.25, 0.3) is 0 Å². The van der Waals surface area contributed by atoms with Crippen LogP contribution in [0.1, 0.15) is 37.4 Å². The molecule has 6 heteroatoms. The summed E-state index contributed by atoms with van der Waals surface area (Å²) in [6.07, 6.45) is 4.30. The summed E-state index contributed by atoms with van der Waals surface area (Å²) >= 11 is 0. The summed E-state index contributed by atoms with van der Waals surface area (Å²) in [5.41, 5.74) is 0.899. The monoisotopic (exact) mass is 353 g/mol. The lowest BCUT2D eigenvalue weighted by molar-refractivity contribution is 0.191. The summed E-state index contributed by atoms with van der Waals surface area (Å²) in [5, 5.41) is 13.6. The van der Waals surface area contributed by atoms with Gasteiger partial charge in [0.1, 0.15) is 11.6 Å². The van der Waals surface area contributed by atoms with Gasteiger partial charge >= 0.3 is 0 Å². The van der Waals surface area contributed by atoms with Crippen LogP contribution in [0.3, 0.4) is 0 Å². The smallest absolute Gasteiger partial charge is 0.226 e. The Labute approximate surface area is 154 Å². The Hall–Kier alpha value is -2.34. The second kappa shape index (κ2) is 7.91. The molecule has 1 unspecified atom stereocenters. The van der Waals surface area contributed by atoms with Crippen LogP contribution in [-0.2, 0) is 0 Å². The van der Waals surface area contributed by atoms with Crippen LogP contribution in [0.25, 0.3) is 0 Å². The van der Waals surface area contributed by atoms with E-state index in [0.717, 1.165) is 43.4 Å². The zero-order chi connectivity index (χ0) is 17.8. The van der Waals surface area contributed by atoms with E-state index in [1.54, 1.807) is 0 Å². The van der Waals surface area contributed by atoms with Crippen molar-refractivity contribution in [3.63, 3.8) is 0 Å². The highest BCUT2D eigenvalue weighted by Crippen LogP contribution is 2.26. The first-order valence-corrected chi connectivity index (χ1v) is 9.65. The van der Waals surface area contributed by atoms with Crippen molar-refractivity contribution in [3.05, 3.63) is 42.0 Å². The molecule has 6 nitrogen and oxygen atoms in total. The highest BCUT2D eigenvalue weighted by atomic mass is 16.3. The van der Waals surface area contributed by atoms with E-state index in [-0.39, 0.29) is 0 Å². The quantitative estimate of drug-likeness (QED) is 0.833. The Kier molecular flexibility index (Phi) is 5.20. The molecule has 2 aromatic rings. The number of aromatic nitrogens is 2. The minimum absolute atomic E-state index is 0.396. The lowest BCUT2D eigenvalue weighted by Gasteiger charge is -2.22. The summed E-state index contributed by atoms with van der Waals surface area (Å²) in [4.78, 5) is 14.1. The molecule has 0 amide bonds. The van der Waals surface area contributed by atoms with Crippen molar-refractivity contribution < 1.29 is 5.11 Å². The Morgan fingerprint density at radius 1 is 0.885 bits per heavy atom. The van der Waals surface area contributed by atoms with Crippen molar-refractivity contribution in [1.29, 1.82) is 0 Å². The predicted molar refractivity (Wildman–Crippen MR) is 105 cm³/mol. The van der Waals surface area contributed by atoms with Crippen molar-refractivity contribution in [2.75, 3.05) is 47.8 Å². The fraction of sp³-hybridized carbons (Fsp3) is 0.500. The van der Waals surface area contributed by atoms with Gasteiger partial charge in [-0.15, -0.1) is 0 Å². The summed E-state index contributed by atoms with van der Waals surface area (Å²) < 4.78 is 0. The maximum Gasteiger partial charge on any atom is 0.226 e. The van der Waals surface area contributed by atoms with Crippen LogP contribution in [0, 0.1) is 0 Å². The maximum absolute atomic E-state index is 10.4. The first-order valence-electron chi connectivity index (χ1n) is 9.65. The normalized spacial score (nSPS) is 18.3. The fourth-order valence-electron chi connectivity index (χ4n) is 3.70. The Morgan fingerprint density at radius 2 is 1.42 bits per heavy atom. The second-order valence-corrected chi connectivity index (χ2v) is 7.10. The summed E-state index contributed by atoms with van der Waals surface area (Å²) in [7, 11) is 0. The van der Waals surface area contributed by atoms with E-state index in [2.05, 4.69) is 21.2 Å². The van der Waals surface area contributed by atoms with Gasteiger partial charge in [0.05, 0.1) is 6.10 Å². The van der Waals surface area contributed by atoms with Crippen LogP contribution >= 0.6 is 0 Å². The molecule has 2 N–H and O–H groups in total. The van der Waals surface area contributed by atoms with Crippen LogP contribution in [-0.4, -0.2) is 47.8 Å². The lowest BCUT2D eigenvalue weighted by Crippen LogP contribution is -2.24. The van der Waals surface area contributed by atoms with Gasteiger partial charge in [-0.3, -0.25) is 0 Å². The van der Waals surface area contributed by atoms with Gasteiger partial charge in [-0.2, -0.15) is 9.97 Å². The zero-order valence-electron chi connectivity index (χ0n) is 15.1. The van der Waals surface area contributed by atoms with Gasteiger partial charge < -0.3 is 20.2 Å². The molecule has 2 saturated heterocycles. The van der Waals surface area contributed by atoms with Crippen molar-refractivity contribution >= 4 is 17.6 Å². The largest absolute Gasteiger partial charge is 0.387 e. The SMILES string of the molecule is OC(CNc1nc(N2CCCC2)cc(N2CCCC2)n1)c1ccccc1. The molecule has 1 aromatic carbocycles. The van der Waals surface area contributed by atoms with Gasteiger partial charge in [0.2, 0.25) is 5.95 Å². The summed E-state index contributed by atoms with van der Waals surface area (Å²) in [6, 6.07) is 11.8. The topological polar surface area (TPSA) is 64.5 Å². The maximum atomic E-state index is 10.4. The van der Waals surface area contributed by atoms with Crippen molar-refractivity contribution in [3.8, 4) is 0 Å². The average molecular weight is 353 g/mol. The van der Waals surface area contributed by atoms with E-state index >= 15 is 0 Å². The van der Waals surface area contributed by atoms with E-state index < -0.39 is 6.10 Å². The number of rotatable bonds is 6. The minimum atomic E-state index is -0.578. The molecule has 26 heavy (non-hydrogen) atoms. The molecular weight excluding hydrogens is 326 g/mol. The van der Waals surface area contributed by atoms with Crippen LogP contribution in [0.5, 0.6) is 0 Å². The number of benzene rings is 1. The van der Waals surface area contributed by atoms with Crippen molar-refractivity contribution in [2.24, 2.45) is 0 Å². The second-order valence-electron chi connectivity index (χ2n) is 7.10. The van der Waals surface area contributed by atoms with Gasteiger partial charge in [-0.05, 0) is 31.2 Å². The number of hydrogen-bond acceptors (Lipinski definition) is 6. The highest BCUT2D eigenvalue weighted by Gasteiger charge is 2.20. The van der Waals surface area contributed by atoms with E-state index in [1.807, 2.05) is 30.3 Å². The highest BCUT2D eigenvalue weighted by molar-refractivity contribution is 5.55. The number of nitrogens with one attached hydrogen (secondary N) is 1. The van der Waals surface area contributed by atoms with Gasteiger partial charge in [-0.1, -0.05) is 30.3 Å². The molecule has 0 radical (unpaired) electrons. The summed E-state index contributed by atoms with van der Waals surface area (Å²) in [5.74, 6) is 2.60. The van der Waals surface area contributed by atoms with E-state index in [9.17, 15) is 5.11 Å². The first-order chi connectivity index (χ1) is 12.8. The molecule has 0 saturated carbocycles. The molecule has 1 aromatic heterocycles. The third-order valence-electron chi connectivity index (χ3n) is 5.20. The van der Waals surface area contributed by atoms with Crippen molar-refractivity contribution in [2.45, 2.75) is 31.8 Å². The molecule has 1 atom stereocenters. The Bertz CT molecular complexity index is 677. The van der Waals surface area contributed by atoms with Crippen LogP contribution in [0.2, 0.25) is 0 Å². The third-order valence-corrected chi connectivity index (χ3v) is 5.20. The van der Waals surface area contributed by atoms with Crippen molar-refractivity contribution in [1.82, 2.24) is 9.97 Å². The van der Waals surface area contributed by atoms with E-state index in [1.165, 1.54) is 25.7 Å².